The Morgan fingerprint density at radius 2 is 2.00 bits per heavy atom. The molecule has 0 fully saturated rings. The first kappa shape index (κ1) is 12.3. The van der Waals surface area contributed by atoms with E-state index in [1.54, 1.807) is 11.5 Å². The first-order chi connectivity index (χ1) is 8.72. The first-order valence-corrected chi connectivity index (χ1v) is 5.83. The zero-order valence-corrected chi connectivity index (χ0v) is 10.5. The monoisotopic (exact) mass is 245 g/mol. The van der Waals surface area contributed by atoms with Crippen LogP contribution in [0.1, 0.15) is 28.9 Å². The molecule has 1 aromatic carbocycles. The number of hydrogen-bond acceptors (Lipinski definition) is 4. The summed E-state index contributed by atoms with van der Waals surface area (Å²) < 4.78 is 6.71. The summed E-state index contributed by atoms with van der Waals surface area (Å²) in [7, 11) is 0. The van der Waals surface area contributed by atoms with Crippen LogP contribution in [0.25, 0.3) is 0 Å². The van der Waals surface area contributed by atoms with Crippen molar-refractivity contribution in [1.29, 1.82) is 0 Å². The highest BCUT2D eigenvalue weighted by Crippen LogP contribution is 2.08. The van der Waals surface area contributed by atoms with Crippen LogP contribution in [-0.2, 0) is 11.3 Å². The Labute approximate surface area is 105 Å². The Kier molecular flexibility index (Phi) is 3.72. The Hall–Kier alpha value is -2.17. The van der Waals surface area contributed by atoms with Gasteiger partial charge in [-0.1, -0.05) is 30.3 Å². The number of aromatic nitrogens is 3. The van der Waals surface area contributed by atoms with E-state index in [0.717, 1.165) is 5.56 Å². The largest absolute Gasteiger partial charge is 0.460 e. The van der Waals surface area contributed by atoms with Crippen molar-refractivity contribution in [2.75, 3.05) is 6.61 Å². The summed E-state index contributed by atoms with van der Waals surface area (Å²) in [5.41, 5.74) is 1.09. The summed E-state index contributed by atoms with van der Waals surface area (Å²) in [6.45, 7) is 4.48. The summed E-state index contributed by atoms with van der Waals surface area (Å²) >= 11 is 0. The van der Waals surface area contributed by atoms with Crippen molar-refractivity contribution in [2.24, 2.45) is 0 Å². The van der Waals surface area contributed by atoms with Crippen LogP contribution in [0.15, 0.2) is 30.3 Å². The molecule has 1 aromatic heterocycles. The first-order valence-electron chi connectivity index (χ1n) is 5.83. The highest BCUT2D eigenvalue weighted by molar-refractivity contribution is 5.85. The van der Waals surface area contributed by atoms with Gasteiger partial charge in [0.05, 0.1) is 13.2 Å². The van der Waals surface area contributed by atoms with Crippen LogP contribution in [0, 0.1) is 6.92 Å². The zero-order chi connectivity index (χ0) is 13.0. The maximum atomic E-state index is 11.7. The van der Waals surface area contributed by atoms with E-state index in [1.165, 1.54) is 0 Å². The maximum Gasteiger partial charge on any atom is 0.376 e. The third-order valence-corrected chi connectivity index (χ3v) is 2.58. The van der Waals surface area contributed by atoms with Gasteiger partial charge in [-0.15, -0.1) is 10.2 Å². The molecule has 94 valence electrons. The Balaban J connectivity index is 2.27. The van der Waals surface area contributed by atoms with Crippen LogP contribution in [0.2, 0.25) is 0 Å². The van der Waals surface area contributed by atoms with Crippen LogP contribution in [-0.4, -0.2) is 27.3 Å². The van der Waals surface area contributed by atoms with E-state index in [9.17, 15) is 4.79 Å². The standard InChI is InChI=1S/C13H15N3O2/c1-3-18-13(17)12-15-14-10(2)16(12)9-11-7-5-4-6-8-11/h4-8H,3,9H2,1-2H3. The fraction of sp³-hybridized carbons (Fsp3) is 0.308. The summed E-state index contributed by atoms with van der Waals surface area (Å²) in [4.78, 5) is 11.7. The SMILES string of the molecule is CCOC(=O)c1nnc(C)n1Cc1ccccc1. The van der Waals surface area contributed by atoms with Crippen molar-refractivity contribution >= 4 is 5.97 Å². The molecule has 0 saturated carbocycles. The van der Waals surface area contributed by atoms with Gasteiger partial charge in [-0.3, -0.25) is 0 Å². The Morgan fingerprint density at radius 1 is 1.28 bits per heavy atom. The molecule has 0 bridgehead atoms. The minimum atomic E-state index is -0.436. The lowest BCUT2D eigenvalue weighted by atomic mass is 10.2. The fourth-order valence-electron chi connectivity index (χ4n) is 1.68. The smallest absolute Gasteiger partial charge is 0.376 e. The van der Waals surface area contributed by atoms with Gasteiger partial charge in [0.1, 0.15) is 5.82 Å². The van der Waals surface area contributed by atoms with Gasteiger partial charge in [0.15, 0.2) is 0 Å². The fourth-order valence-corrected chi connectivity index (χ4v) is 1.68. The number of esters is 1. The van der Waals surface area contributed by atoms with Crippen molar-refractivity contribution in [3.05, 3.63) is 47.5 Å². The van der Waals surface area contributed by atoms with Gasteiger partial charge < -0.3 is 9.30 Å². The van der Waals surface area contributed by atoms with E-state index in [4.69, 9.17) is 4.74 Å². The predicted octanol–water partition coefficient (Wildman–Crippen LogP) is 1.81. The van der Waals surface area contributed by atoms with Crippen LogP contribution < -0.4 is 0 Å². The molecule has 2 aromatic rings. The number of benzene rings is 1. The third-order valence-electron chi connectivity index (χ3n) is 2.58. The lowest BCUT2D eigenvalue weighted by Crippen LogP contribution is -2.15. The second-order valence-electron chi connectivity index (χ2n) is 3.86. The van der Waals surface area contributed by atoms with E-state index in [-0.39, 0.29) is 5.82 Å². The van der Waals surface area contributed by atoms with Gasteiger partial charge in [0, 0.05) is 0 Å². The molecule has 0 aliphatic carbocycles. The molecule has 0 saturated heterocycles. The van der Waals surface area contributed by atoms with E-state index in [1.807, 2.05) is 37.3 Å². The Bertz CT molecular complexity index is 534. The number of hydrogen-bond donors (Lipinski definition) is 0. The van der Waals surface area contributed by atoms with Gasteiger partial charge in [-0.05, 0) is 19.4 Å². The third kappa shape index (κ3) is 2.56. The van der Waals surface area contributed by atoms with E-state index >= 15 is 0 Å². The summed E-state index contributed by atoms with van der Waals surface area (Å²) in [6, 6.07) is 9.86. The molecule has 0 radical (unpaired) electrons. The topological polar surface area (TPSA) is 57.0 Å². The van der Waals surface area contributed by atoms with E-state index in [0.29, 0.717) is 19.0 Å². The molecule has 2 rings (SSSR count). The molecular weight excluding hydrogens is 230 g/mol. The minimum absolute atomic E-state index is 0.248. The number of carbonyl (C=O) groups excluding carboxylic acids is 1. The van der Waals surface area contributed by atoms with Crippen molar-refractivity contribution in [3.63, 3.8) is 0 Å². The van der Waals surface area contributed by atoms with Crippen LogP contribution >= 0.6 is 0 Å². The van der Waals surface area contributed by atoms with Gasteiger partial charge >= 0.3 is 5.97 Å². The molecular formula is C13H15N3O2. The summed E-state index contributed by atoms with van der Waals surface area (Å²) in [5.74, 6) is 0.508. The molecule has 5 heteroatoms. The van der Waals surface area contributed by atoms with Crippen molar-refractivity contribution in [1.82, 2.24) is 14.8 Å². The number of ether oxygens (including phenoxy) is 1. The van der Waals surface area contributed by atoms with Crippen molar-refractivity contribution in [2.45, 2.75) is 20.4 Å². The highest BCUT2D eigenvalue weighted by Gasteiger charge is 2.17. The molecule has 1 heterocycles. The number of rotatable bonds is 4. The van der Waals surface area contributed by atoms with Crippen molar-refractivity contribution in [3.8, 4) is 0 Å². The quantitative estimate of drug-likeness (QED) is 0.771. The second kappa shape index (κ2) is 5.44. The van der Waals surface area contributed by atoms with Gasteiger partial charge in [0.2, 0.25) is 5.82 Å². The van der Waals surface area contributed by atoms with Crippen LogP contribution in [0.3, 0.4) is 0 Å². The molecule has 0 aliphatic rings. The maximum absolute atomic E-state index is 11.7. The van der Waals surface area contributed by atoms with Gasteiger partial charge in [-0.25, -0.2) is 4.79 Å². The normalized spacial score (nSPS) is 10.3. The summed E-state index contributed by atoms with van der Waals surface area (Å²) in [6.07, 6.45) is 0. The average molecular weight is 245 g/mol. The highest BCUT2D eigenvalue weighted by atomic mass is 16.5. The zero-order valence-electron chi connectivity index (χ0n) is 10.5. The van der Waals surface area contributed by atoms with Gasteiger partial charge in [-0.2, -0.15) is 0 Å². The number of aryl methyl sites for hydroxylation is 1. The molecule has 0 spiro atoms. The molecule has 18 heavy (non-hydrogen) atoms. The molecule has 0 N–H and O–H groups in total. The molecule has 0 amide bonds. The number of nitrogens with zero attached hydrogens (tertiary/aromatic N) is 3. The van der Waals surface area contributed by atoms with Crippen LogP contribution in [0.5, 0.6) is 0 Å². The Morgan fingerprint density at radius 3 is 2.67 bits per heavy atom. The van der Waals surface area contributed by atoms with Crippen LogP contribution in [0.4, 0.5) is 0 Å². The summed E-state index contributed by atoms with van der Waals surface area (Å²) in [5, 5.41) is 7.80. The minimum Gasteiger partial charge on any atom is -0.460 e. The second-order valence-corrected chi connectivity index (χ2v) is 3.86. The van der Waals surface area contributed by atoms with E-state index in [2.05, 4.69) is 10.2 Å². The molecule has 5 nitrogen and oxygen atoms in total. The van der Waals surface area contributed by atoms with Crippen molar-refractivity contribution < 1.29 is 9.53 Å². The van der Waals surface area contributed by atoms with Gasteiger partial charge in [0.25, 0.3) is 0 Å². The molecule has 0 aliphatic heterocycles. The molecule has 0 atom stereocenters. The average Bonchev–Trinajstić information content (AvgIpc) is 2.73. The molecule has 0 unspecified atom stereocenters. The lowest BCUT2D eigenvalue weighted by Gasteiger charge is -2.07. The van der Waals surface area contributed by atoms with E-state index < -0.39 is 5.97 Å². The lowest BCUT2D eigenvalue weighted by molar-refractivity contribution is 0.0506. The predicted molar refractivity (Wildman–Crippen MR) is 66.3 cm³/mol. The number of carbonyl (C=O) groups is 1.